The number of nitrogens with zero attached hydrogens (tertiary/aromatic N) is 3. The molecule has 0 amide bonds. The van der Waals surface area contributed by atoms with E-state index in [0.29, 0.717) is 16.5 Å². The third kappa shape index (κ3) is 2.36. The number of aryl methyl sites for hydroxylation is 2. The molecule has 0 saturated carbocycles. The van der Waals surface area contributed by atoms with Crippen molar-refractivity contribution in [1.82, 2.24) is 9.97 Å². The van der Waals surface area contributed by atoms with E-state index in [0.717, 1.165) is 21.3 Å². The Morgan fingerprint density at radius 3 is 2.76 bits per heavy atom. The summed E-state index contributed by atoms with van der Waals surface area (Å²) >= 11 is 7.56. The van der Waals surface area contributed by atoms with Crippen LogP contribution in [0.25, 0.3) is 21.3 Å². The minimum absolute atomic E-state index is 0.101. The summed E-state index contributed by atoms with van der Waals surface area (Å²) in [5, 5.41) is 13.4. The lowest BCUT2D eigenvalue weighted by atomic mass is 10.0. The average Bonchev–Trinajstić information content (AvgIpc) is 2.83. The van der Waals surface area contributed by atoms with E-state index in [1.54, 1.807) is 26.0 Å². The molecule has 0 unspecified atom stereocenters. The maximum Gasteiger partial charge on any atom is 0.272 e. The number of nitro groups is 1. The van der Waals surface area contributed by atoms with Crippen molar-refractivity contribution < 1.29 is 4.92 Å². The summed E-state index contributed by atoms with van der Waals surface area (Å²) in [6, 6.07) is 5.17. The SMILES string of the molecule is Cc1nc(Cl)c2scc(-c3ccc(C)c([N+](=O)[O-])c3)c2n1. The van der Waals surface area contributed by atoms with Gasteiger partial charge in [-0.25, -0.2) is 9.97 Å². The largest absolute Gasteiger partial charge is 0.272 e. The molecule has 3 rings (SSSR count). The fraction of sp³-hybridized carbons (Fsp3) is 0.143. The molecule has 0 radical (unpaired) electrons. The van der Waals surface area contributed by atoms with Gasteiger partial charge in [0.15, 0.2) is 5.15 Å². The molecule has 5 nitrogen and oxygen atoms in total. The first-order chi connectivity index (χ1) is 9.97. The number of hydrogen-bond donors (Lipinski definition) is 0. The average molecular weight is 320 g/mol. The smallest absolute Gasteiger partial charge is 0.258 e. The lowest BCUT2D eigenvalue weighted by molar-refractivity contribution is -0.385. The Labute approximate surface area is 129 Å². The summed E-state index contributed by atoms with van der Waals surface area (Å²) in [6.45, 7) is 3.49. The zero-order valence-electron chi connectivity index (χ0n) is 11.3. The second kappa shape index (κ2) is 5.05. The van der Waals surface area contributed by atoms with Gasteiger partial charge in [0.05, 0.1) is 15.1 Å². The van der Waals surface area contributed by atoms with Crippen LogP contribution in [0.4, 0.5) is 5.69 Å². The van der Waals surface area contributed by atoms with Crippen LogP contribution in [0.5, 0.6) is 0 Å². The van der Waals surface area contributed by atoms with Gasteiger partial charge in [-0.2, -0.15) is 0 Å². The maximum atomic E-state index is 11.1. The summed E-state index contributed by atoms with van der Waals surface area (Å²) in [5.74, 6) is 0.578. The predicted molar refractivity (Wildman–Crippen MR) is 84.0 cm³/mol. The molecule has 0 spiro atoms. The maximum absolute atomic E-state index is 11.1. The molecule has 2 heterocycles. The standard InChI is InChI=1S/C14H10ClN3O2S/c1-7-3-4-9(5-11(7)18(19)20)10-6-21-13-12(10)16-8(2)17-14(13)15/h3-6H,1-2H3. The van der Waals surface area contributed by atoms with Crippen molar-refractivity contribution in [2.24, 2.45) is 0 Å². The number of nitro benzene ring substituents is 1. The van der Waals surface area contributed by atoms with Crippen LogP contribution in [-0.4, -0.2) is 14.9 Å². The second-order valence-corrected chi connectivity index (χ2v) is 5.88. The van der Waals surface area contributed by atoms with Crippen LogP contribution in [0.3, 0.4) is 0 Å². The molecule has 0 aliphatic heterocycles. The third-order valence-electron chi connectivity index (χ3n) is 3.20. The second-order valence-electron chi connectivity index (χ2n) is 4.65. The van der Waals surface area contributed by atoms with Gasteiger partial charge in [-0.3, -0.25) is 10.1 Å². The van der Waals surface area contributed by atoms with Crippen LogP contribution in [0.2, 0.25) is 5.15 Å². The van der Waals surface area contributed by atoms with Gasteiger partial charge in [0.2, 0.25) is 0 Å². The summed E-state index contributed by atoms with van der Waals surface area (Å²) in [7, 11) is 0. The zero-order chi connectivity index (χ0) is 15.1. The topological polar surface area (TPSA) is 68.9 Å². The highest BCUT2D eigenvalue weighted by Gasteiger charge is 2.16. The van der Waals surface area contributed by atoms with Crippen molar-refractivity contribution in [3.63, 3.8) is 0 Å². The number of hydrogen-bond acceptors (Lipinski definition) is 5. The van der Waals surface area contributed by atoms with Crippen LogP contribution < -0.4 is 0 Å². The molecule has 7 heteroatoms. The van der Waals surface area contributed by atoms with Gasteiger partial charge in [0, 0.05) is 22.6 Å². The molecule has 0 aliphatic carbocycles. The molecule has 0 N–H and O–H groups in total. The number of fused-ring (bicyclic) bond motifs is 1. The van der Waals surface area contributed by atoms with Gasteiger partial charge in [0.25, 0.3) is 5.69 Å². The molecule has 0 atom stereocenters. The van der Waals surface area contributed by atoms with Crippen LogP contribution in [0.15, 0.2) is 23.6 Å². The predicted octanol–water partition coefficient (Wildman–Crippen LogP) is 4.54. The number of rotatable bonds is 2. The van der Waals surface area contributed by atoms with Crippen molar-refractivity contribution in [3.05, 3.63) is 50.2 Å². The monoisotopic (exact) mass is 319 g/mol. The fourth-order valence-electron chi connectivity index (χ4n) is 2.17. The Morgan fingerprint density at radius 2 is 2.05 bits per heavy atom. The Hall–Kier alpha value is -2.05. The lowest BCUT2D eigenvalue weighted by Crippen LogP contribution is -1.93. The highest BCUT2D eigenvalue weighted by molar-refractivity contribution is 7.18. The molecule has 0 aliphatic rings. The minimum Gasteiger partial charge on any atom is -0.258 e. The van der Waals surface area contributed by atoms with Crippen molar-refractivity contribution in [1.29, 1.82) is 0 Å². The number of benzene rings is 1. The van der Waals surface area contributed by atoms with E-state index in [9.17, 15) is 10.1 Å². The summed E-state index contributed by atoms with van der Waals surface area (Å²) in [4.78, 5) is 19.2. The first-order valence-electron chi connectivity index (χ1n) is 6.14. The van der Waals surface area contributed by atoms with Gasteiger partial charge in [-0.1, -0.05) is 23.7 Å². The van der Waals surface area contributed by atoms with Crippen LogP contribution in [-0.2, 0) is 0 Å². The Morgan fingerprint density at radius 1 is 1.29 bits per heavy atom. The molecule has 0 fully saturated rings. The Kier molecular flexibility index (Phi) is 3.35. The van der Waals surface area contributed by atoms with E-state index in [-0.39, 0.29) is 10.6 Å². The Bertz CT molecular complexity index is 876. The fourth-order valence-corrected chi connectivity index (χ4v) is 3.41. The van der Waals surface area contributed by atoms with Crippen molar-refractivity contribution in [2.75, 3.05) is 0 Å². The van der Waals surface area contributed by atoms with Crippen molar-refractivity contribution in [2.45, 2.75) is 13.8 Å². The third-order valence-corrected chi connectivity index (χ3v) is 4.56. The molecular weight excluding hydrogens is 310 g/mol. The molecule has 0 saturated heterocycles. The van der Waals surface area contributed by atoms with E-state index in [2.05, 4.69) is 9.97 Å². The van der Waals surface area contributed by atoms with Gasteiger partial charge in [-0.15, -0.1) is 11.3 Å². The molecular formula is C14H10ClN3O2S. The van der Waals surface area contributed by atoms with E-state index >= 15 is 0 Å². The van der Waals surface area contributed by atoms with Crippen LogP contribution in [0, 0.1) is 24.0 Å². The van der Waals surface area contributed by atoms with Gasteiger partial charge in [-0.05, 0) is 19.4 Å². The van der Waals surface area contributed by atoms with Gasteiger partial charge >= 0.3 is 0 Å². The number of aromatic nitrogens is 2. The van der Waals surface area contributed by atoms with E-state index < -0.39 is 0 Å². The Balaban J connectivity index is 2.26. The highest BCUT2D eigenvalue weighted by Crippen LogP contribution is 2.37. The summed E-state index contributed by atoms with van der Waals surface area (Å²) < 4.78 is 0.792. The normalized spacial score (nSPS) is 11.0. The molecule has 2 aromatic heterocycles. The molecule has 21 heavy (non-hydrogen) atoms. The van der Waals surface area contributed by atoms with Gasteiger partial charge < -0.3 is 0 Å². The number of thiophene rings is 1. The summed E-state index contributed by atoms with van der Waals surface area (Å²) in [5.41, 5.74) is 3.06. The number of halogens is 1. The molecule has 0 bridgehead atoms. The lowest BCUT2D eigenvalue weighted by Gasteiger charge is -2.03. The molecule has 3 aromatic rings. The minimum atomic E-state index is -0.374. The van der Waals surface area contributed by atoms with Crippen molar-refractivity contribution in [3.8, 4) is 11.1 Å². The first-order valence-corrected chi connectivity index (χ1v) is 7.40. The quantitative estimate of drug-likeness (QED) is 0.395. The van der Waals surface area contributed by atoms with Crippen LogP contribution in [0.1, 0.15) is 11.4 Å². The van der Waals surface area contributed by atoms with E-state index in [4.69, 9.17) is 11.6 Å². The summed E-state index contributed by atoms with van der Waals surface area (Å²) in [6.07, 6.45) is 0. The van der Waals surface area contributed by atoms with E-state index in [1.165, 1.54) is 11.3 Å². The zero-order valence-corrected chi connectivity index (χ0v) is 12.8. The van der Waals surface area contributed by atoms with Gasteiger partial charge in [0.1, 0.15) is 5.82 Å². The van der Waals surface area contributed by atoms with E-state index in [1.807, 2.05) is 11.4 Å². The molecule has 1 aromatic carbocycles. The molecule has 106 valence electrons. The first kappa shape index (κ1) is 13.9. The van der Waals surface area contributed by atoms with Crippen LogP contribution >= 0.6 is 22.9 Å². The highest BCUT2D eigenvalue weighted by atomic mass is 35.5. The van der Waals surface area contributed by atoms with Crippen molar-refractivity contribution >= 4 is 38.8 Å².